The van der Waals surface area contributed by atoms with Crippen molar-refractivity contribution in [1.82, 2.24) is 9.88 Å². The smallest absolute Gasteiger partial charge is 0.275 e. The molecule has 0 saturated carbocycles. The third-order valence-corrected chi connectivity index (χ3v) is 5.44. The number of nitrogens with zero attached hydrogens (tertiary/aromatic N) is 2. The predicted molar refractivity (Wildman–Crippen MR) is 105 cm³/mol. The van der Waals surface area contributed by atoms with Crippen LogP contribution in [-0.2, 0) is 6.54 Å². The molecule has 1 aliphatic heterocycles. The summed E-state index contributed by atoms with van der Waals surface area (Å²) in [6.45, 7) is 1.84. The molecule has 1 fully saturated rings. The molecule has 2 heterocycles. The van der Waals surface area contributed by atoms with Crippen LogP contribution in [0.5, 0.6) is 0 Å². The van der Waals surface area contributed by atoms with Crippen LogP contribution >= 0.6 is 35.5 Å². The van der Waals surface area contributed by atoms with E-state index >= 15 is 0 Å². The summed E-state index contributed by atoms with van der Waals surface area (Å²) < 4.78 is 0. The number of carbonyl (C=O) groups excluding carboxylic acids is 2. The molecule has 1 aromatic heterocycles. The third kappa shape index (κ3) is 4.94. The minimum atomic E-state index is -0.301. The molecule has 0 radical (unpaired) electrons. The normalized spacial score (nSPS) is 13.9. The summed E-state index contributed by atoms with van der Waals surface area (Å²) in [5.74, 6) is 1.64. The summed E-state index contributed by atoms with van der Waals surface area (Å²) in [4.78, 5) is 30.8. The van der Waals surface area contributed by atoms with E-state index in [0.29, 0.717) is 28.5 Å². The highest BCUT2D eigenvalue weighted by atomic mass is 35.5. The van der Waals surface area contributed by atoms with Crippen LogP contribution in [0.2, 0.25) is 0 Å². The molecule has 0 atom stereocenters. The van der Waals surface area contributed by atoms with E-state index in [1.54, 1.807) is 29.6 Å². The Morgan fingerprint density at radius 2 is 2.04 bits per heavy atom. The number of hydrogen-bond acceptors (Lipinski definition) is 6. The van der Waals surface area contributed by atoms with Crippen molar-refractivity contribution in [3.05, 3.63) is 45.9 Å². The second-order valence-electron chi connectivity index (χ2n) is 5.27. The number of thioether (sulfide) groups is 1. The number of rotatable bonds is 4. The minimum absolute atomic E-state index is 0. The Bertz CT molecular complexity index is 747. The molecule has 2 aromatic rings. The van der Waals surface area contributed by atoms with E-state index < -0.39 is 0 Å². The Balaban J connectivity index is 0.00000225. The van der Waals surface area contributed by atoms with Crippen molar-refractivity contribution in [1.29, 1.82) is 0 Å². The molecule has 1 aliphatic rings. The number of benzene rings is 1. The van der Waals surface area contributed by atoms with Gasteiger partial charge in [0.15, 0.2) is 0 Å². The molecule has 1 aromatic carbocycles. The molecule has 134 valence electrons. The van der Waals surface area contributed by atoms with E-state index in [9.17, 15) is 9.59 Å². The highest BCUT2D eigenvalue weighted by Crippen LogP contribution is 2.17. The summed E-state index contributed by atoms with van der Waals surface area (Å²) in [5.41, 5.74) is 7.02. The lowest BCUT2D eigenvalue weighted by molar-refractivity contribution is 0.0772. The van der Waals surface area contributed by atoms with Crippen LogP contribution in [-0.4, -0.2) is 46.3 Å². The topological polar surface area (TPSA) is 88.3 Å². The Labute approximate surface area is 160 Å². The average molecular weight is 399 g/mol. The second-order valence-corrected chi connectivity index (χ2v) is 7.44. The van der Waals surface area contributed by atoms with Crippen molar-refractivity contribution in [2.45, 2.75) is 6.54 Å². The number of anilines is 1. The van der Waals surface area contributed by atoms with Crippen LogP contribution in [0.4, 0.5) is 5.69 Å². The zero-order valence-corrected chi connectivity index (χ0v) is 15.9. The summed E-state index contributed by atoms with van der Waals surface area (Å²) >= 11 is 3.21. The summed E-state index contributed by atoms with van der Waals surface area (Å²) in [7, 11) is 0. The number of aromatic nitrogens is 1. The highest BCUT2D eigenvalue weighted by Gasteiger charge is 2.19. The number of thiazole rings is 1. The van der Waals surface area contributed by atoms with Crippen molar-refractivity contribution < 1.29 is 9.59 Å². The van der Waals surface area contributed by atoms with E-state index in [1.165, 1.54) is 11.3 Å². The van der Waals surface area contributed by atoms with Gasteiger partial charge in [0.1, 0.15) is 10.7 Å². The van der Waals surface area contributed by atoms with Gasteiger partial charge in [-0.1, -0.05) is 6.07 Å². The van der Waals surface area contributed by atoms with Crippen molar-refractivity contribution in [3.63, 3.8) is 0 Å². The van der Waals surface area contributed by atoms with Gasteiger partial charge in [0.05, 0.1) is 0 Å². The second kappa shape index (κ2) is 9.19. The number of amides is 2. The van der Waals surface area contributed by atoms with Crippen LogP contribution in [0, 0.1) is 0 Å². The van der Waals surface area contributed by atoms with Gasteiger partial charge in [0.2, 0.25) is 0 Å². The maximum absolute atomic E-state index is 12.5. The van der Waals surface area contributed by atoms with Gasteiger partial charge >= 0.3 is 0 Å². The lowest BCUT2D eigenvalue weighted by Gasteiger charge is -2.26. The van der Waals surface area contributed by atoms with Crippen LogP contribution in [0.3, 0.4) is 0 Å². The summed E-state index contributed by atoms with van der Waals surface area (Å²) in [6.07, 6.45) is 0. The molecule has 1 saturated heterocycles. The quantitative estimate of drug-likeness (QED) is 0.825. The Hall–Kier alpha value is -1.61. The Kier molecular flexibility index (Phi) is 7.24. The lowest BCUT2D eigenvalue weighted by Crippen LogP contribution is -2.37. The van der Waals surface area contributed by atoms with Crippen molar-refractivity contribution in [2.24, 2.45) is 5.73 Å². The molecule has 0 aliphatic carbocycles. The fraction of sp³-hybridized carbons (Fsp3) is 0.312. The molecule has 2 amide bonds. The zero-order chi connectivity index (χ0) is 16.9. The minimum Gasteiger partial charge on any atom is -0.337 e. The molecule has 3 rings (SSSR count). The monoisotopic (exact) mass is 398 g/mol. The van der Waals surface area contributed by atoms with E-state index in [0.717, 1.165) is 24.6 Å². The van der Waals surface area contributed by atoms with Gasteiger partial charge in [-0.3, -0.25) is 9.59 Å². The number of hydrogen-bond donors (Lipinski definition) is 2. The van der Waals surface area contributed by atoms with Gasteiger partial charge in [0, 0.05) is 47.8 Å². The first kappa shape index (κ1) is 19.7. The molecular weight excluding hydrogens is 380 g/mol. The fourth-order valence-electron chi connectivity index (χ4n) is 2.38. The van der Waals surface area contributed by atoms with E-state index in [2.05, 4.69) is 10.3 Å². The number of halogens is 1. The van der Waals surface area contributed by atoms with Crippen molar-refractivity contribution >= 4 is 53.0 Å². The Morgan fingerprint density at radius 3 is 2.72 bits per heavy atom. The van der Waals surface area contributed by atoms with Gasteiger partial charge < -0.3 is 16.0 Å². The van der Waals surface area contributed by atoms with Gasteiger partial charge in [-0.15, -0.1) is 23.7 Å². The van der Waals surface area contributed by atoms with Crippen LogP contribution in [0.15, 0.2) is 29.6 Å². The standard InChI is InChI=1S/C16H18N4O2S2.ClH/c17-9-14-19-13(10-24-14)15(21)18-12-3-1-2-11(8-12)16(22)20-4-6-23-7-5-20;/h1-3,8,10H,4-7,9,17H2,(H,18,21);1H. The maximum atomic E-state index is 12.5. The highest BCUT2D eigenvalue weighted by molar-refractivity contribution is 7.99. The summed E-state index contributed by atoms with van der Waals surface area (Å²) in [6, 6.07) is 7.01. The third-order valence-electron chi connectivity index (χ3n) is 3.62. The van der Waals surface area contributed by atoms with Crippen molar-refractivity contribution in [2.75, 3.05) is 29.9 Å². The van der Waals surface area contributed by atoms with E-state index in [-0.39, 0.29) is 24.2 Å². The summed E-state index contributed by atoms with van der Waals surface area (Å²) in [5, 5.41) is 5.18. The largest absolute Gasteiger partial charge is 0.337 e. The molecule has 6 nitrogen and oxygen atoms in total. The molecule has 0 bridgehead atoms. The van der Waals surface area contributed by atoms with Crippen LogP contribution in [0.25, 0.3) is 0 Å². The molecule has 3 N–H and O–H groups in total. The van der Waals surface area contributed by atoms with E-state index in [4.69, 9.17) is 5.73 Å². The average Bonchev–Trinajstić information content (AvgIpc) is 3.11. The molecule has 25 heavy (non-hydrogen) atoms. The first-order valence-corrected chi connectivity index (χ1v) is 9.63. The van der Waals surface area contributed by atoms with Crippen LogP contribution < -0.4 is 11.1 Å². The molecule has 0 spiro atoms. The fourth-order valence-corrected chi connectivity index (χ4v) is 3.94. The number of nitrogens with one attached hydrogen (secondary N) is 1. The molecule has 9 heteroatoms. The Morgan fingerprint density at radius 1 is 1.28 bits per heavy atom. The first-order valence-electron chi connectivity index (χ1n) is 7.60. The van der Waals surface area contributed by atoms with Gasteiger partial charge in [0.25, 0.3) is 11.8 Å². The molecule has 0 unspecified atom stereocenters. The molecular formula is C16H19ClN4O2S2. The first-order chi connectivity index (χ1) is 11.7. The number of nitrogens with two attached hydrogens (primary N) is 1. The number of carbonyl (C=O) groups is 2. The zero-order valence-electron chi connectivity index (χ0n) is 13.4. The van der Waals surface area contributed by atoms with Gasteiger partial charge in [-0.2, -0.15) is 11.8 Å². The van der Waals surface area contributed by atoms with Gasteiger partial charge in [-0.05, 0) is 18.2 Å². The van der Waals surface area contributed by atoms with Crippen molar-refractivity contribution in [3.8, 4) is 0 Å². The van der Waals surface area contributed by atoms with Crippen LogP contribution in [0.1, 0.15) is 25.9 Å². The van der Waals surface area contributed by atoms with Gasteiger partial charge in [-0.25, -0.2) is 4.98 Å². The SMILES string of the molecule is Cl.NCc1nc(C(=O)Nc2cccc(C(=O)N3CCSCC3)c2)cs1. The maximum Gasteiger partial charge on any atom is 0.275 e. The van der Waals surface area contributed by atoms with E-state index in [1.807, 2.05) is 16.7 Å². The predicted octanol–water partition coefficient (Wildman–Crippen LogP) is 2.46. The lowest BCUT2D eigenvalue weighted by atomic mass is 10.1.